The molecule has 0 radical (unpaired) electrons. The molecule has 0 heterocycles. The molecule has 0 aliphatic rings. The van der Waals surface area contributed by atoms with Crippen LogP contribution >= 0.6 is 0 Å². The number of hydrogen-bond donors (Lipinski definition) is 4. The van der Waals surface area contributed by atoms with Crippen LogP contribution in [-0.4, -0.2) is 29.2 Å². The lowest BCUT2D eigenvalue weighted by Crippen LogP contribution is -2.28. The Morgan fingerprint density at radius 2 is 2.11 bits per heavy atom. The van der Waals surface area contributed by atoms with Gasteiger partial charge in [0.25, 0.3) is 0 Å². The van der Waals surface area contributed by atoms with Crippen LogP contribution in [0.25, 0.3) is 0 Å². The lowest BCUT2D eigenvalue weighted by atomic mass is 10.1. The molecule has 5 nitrogen and oxygen atoms in total. The van der Waals surface area contributed by atoms with Gasteiger partial charge in [-0.1, -0.05) is 0 Å². The third-order valence-corrected chi connectivity index (χ3v) is 2.65. The van der Waals surface area contributed by atoms with Crippen molar-refractivity contribution in [3.05, 3.63) is 23.8 Å². The van der Waals surface area contributed by atoms with Crippen LogP contribution in [0.2, 0.25) is 0 Å². The van der Waals surface area contributed by atoms with Crippen molar-refractivity contribution >= 4 is 5.91 Å². The fourth-order valence-corrected chi connectivity index (χ4v) is 1.69. The zero-order chi connectivity index (χ0) is 13.5. The molecule has 1 unspecified atom stereocenters. The molecule has 1 atom stereocenters. The van der Waals surface area contributed by atoms with E-state index in [1.54, 1.807) is 0 Å². The first kappa shape index (κ1) is 14.3. The lowest BCUT2D eigenvalue weighted by Gasteiger charge is -2.15. The molecule has 4 N–H and O–H groups in total. The van der Waals surface area contributed by atoms with Gasteiger partial charge >= 0.3 is 0 Å². The van der Waals surface area contributed by atoms with Crippen LogP contribution in [0.5, 0.6) is 11.5 Å². The van der Waals surface area contributed by atoms with Gasteiger partial charge in [-0.25, -0.2) is 0 Å². The molecule has 1 amide bonds. The molecule has 1 aromatic rings. The maximum absolute atomic E-state index is 11.2. The van der Waals surface area contributed by atoms with Crippen molar-refractivity contribution in [3.8, 4) is 11.5 Å². The van der Waals surface area contributed by atoms with Gasteiger partial charge in [-0.3, -0.25) is 4.79 Å². The number of phenolic OH excluding ortho intramolecular Hbond substituents is 2. The van der Waals surface area contributed by atoms with Crippen LogP contribution in [0.1, 0.15) is 31.9 Å². The fourth-order valence-electron chi connectivity index (χ4n) is 1.69. The zero-order valence-corrected chi connectivity index (χ0v) is 10.7. The van der Waals surface area contributed by atoms with Gasteiger partial charge in [0.05, 0.1) is 0 Å². The Labute approximate surface area is 107 Å². The van der Waals surface area contributed by atoms with E-state index in [0.717, 1.165) is 0 Å². The number of carbonyl (C=O) groups is 1. The van der Waals surface area contributed by atoms with E-state index >= 15 is 0 Å². The third kappa shape index (κ3) is 4.25. The molecule has 0 saturated carbocycles. The predicted octanol–water partition coefficient (Wildman–Crippen LogP) is 1.27. The smallest absolute Gasteiger partial charge is 0.221 e. The van der Waals surface area contributed by atoms with Crippen molar-refractivity contribution in [2.45, 2.75) is 26.3 Å². The number of aromatic hydroxyl groups is 2. The quantitative estimate of drug-likeness (QED) is 0.575. The molecular formula is C13H20N2O3. The summed E-state index contributed by atoms with van der Waals surface area (Å²) < 4.78 is 0. The molecule has 0 saturated heterocycles. The Bertz CT molecular complexity index is 407. The Balaban J connectivity index is 2.47. The molecule has 0 aromatic heterocycles. The second kappa shape index (κ2) is 6.86. The summed E-state index contributed by atoms with van der Waals surface area (Å²) in [4.78, 5) is 11.2. The first-order chi connectivity index (χ1) is 8.54. The van der Waals surface area contributed by atoms with Gasteiger partial charge in [-0.2, -0.15) is 0 Å². The largest absolute Gasteiger partial charge is 0.508 e. The number of benzene rings is 1. The second-order valence-electron chi connectivity index (χ2n) is 4.12. The monoisotopic (exact) mass is 252 g/mol. The third-order valence-electron chi connectivity index (χ3n) is 2.65. The van der Waals surface area contributed by atoms with Crippen LogP contribution in [0.3, 0.4) is 0 Å². The molecule has 1 aromatic carbocycles. The standard InChI is InChI=1S/C13H20N2O3/c1-3-14-13(18)6-7-15-9(2)11-8-10(16)4-5-12(11)17/h4-5,8-9,15-17H,3,6-7H2,1-2H3,(H,14,18). The summed E-state index contributed by atoms with van der Waals surface area (Å²) in [5, 5.41) is 24.9. The van der Waals surface area contributed by atoms with Gasteiger partial charge in [-0.15, -0.1) is 0 Å². The van der Waals surface area contributed by atoms with Crippen molar-refractivity contribution in [3.63, 3.8) is 0 Å². The highest BCUT2D eigenvalue weighted by molar-refractivity contribution is 5.75. The van der Waals surface area contributed by atoms with Gasteiger partial charge in [0.1, 0.15) is 11.5 Å². The maximum Gasteiger partial charge on any atom is 0.221 e. The Morgan fingerprint density at radius 1 is 1.39 bits per heavy atom. The van der Waals surface area contributed by atoms with Crippen LogP contribution < -0.4 is 10.6 Å². The predicted molar refractivity (Wildman–Crippen MR) is 69.5 cm³/mol. The Kier molecular flexibility index (Phi) is 5.45. The highest BCUT2D eigenvalue weighted by atomic mass is 16.3. The number of rotatable bonds is 6. The molecule has 0 fully saturated rings. The maximum atomic E-state index is 11.2. The van der Waals surface area contributed by atoms with Gasteiger partial charge in [0.15, 0.2) is 0 Å². The second-order valence-corrected chi connectivity index (χ2v) is 4.12. The average molecular weight is 252 g/mol. The first-order valence-corrected chi connectivity index (χ1v) is 6.06. The van der Waals surface area contributed by atoms with E-state index in [4.69, 9.17) is 0 Å². The minimum atomic E-state index is -0.133. The van der Waals surface area contributed by atoms with Crippen LogP contribution in [0.15, 0.2) is 18.2 Å². The first-order valence-electron chi connectivity index (χ1n) is 6.06. The molecule has 5 heteroatoms. The van der Waals surface area contributed by atoms with Crippen LogP contribution in [0, 0.1) is 0 Å². The summed E-state index contributed by atoms with van der Waals surface area (Å²) in [6, 6.07) is 4.26. The Morgan fingerprint density at radius 3 is 2.78 bits per heavy atom. The summed E-state index contributed by atoms with van der Waals surface area (Å²) in [7, 11) is 0. The number of hydrogen-bond acceptors (Lipinski definition) is 4. The Hall–Kier alpha value is -1.75. The van der Waals surface area contributed by atoms with Crippen molar-refractivity contribution in [1.82, 2.24) is 10.6 Å². The van der Waals surface area contributed by atoms with Crippen LogP contribution in [-0.2, 0) is 4.79 Å². The van der Waals surface area contributed by atoms with E-state index in [-0.39, 0.29) is 23.4 Å². The minimum absolute atomic E-state index is 0.00247. The fraction of sp³-hybridized carbons (Fsp3) is 0.462. The van der Waals surface area contributed by atoms with E-state index in [1.807, 2.05) is 13.8 Å². The molecule has 100 valence electrons. The summed E-state index contributed by atoms with van der Waals surface area (Å²) in [5.74, 6) is 0.239. The normalized spacial score (nSPS) is 12.1. The van der Waals surface area contributed by atoms with Gasteiger partial charge in [0, 0.05) is 31.1 Å². The molecule has 0 spiro atoms. The van der Waals surface area contributed by atoms with Crippen molar-refractivity contribution in [2.24, 2.45) is 0 Å². The number of carbonyl (C=O) groups excluding carboxylic acids is 1. The van der Waals surface area contributed by atoms with Gasteiger partial charge < -0.3 is 20.8 Å². The highest BCUT2D eigenvalue weighted by Crippen LogP contribution is 2.27. The van der Waals surface area contributed by atoms with E-state index in [0.29, 0.717) is 25.1 Å². The molecule has 18 heavy (non-hydrogen) atoms. The van der Waals surface area contributed by atoms with E-state index < -0.39 is 0 Å². The number of nitrogens with one attached hydrogen (secondary N) is 2. The topological polar surface area (TPSA) is 81.6 Å². The summed E-state index contributed by atoms with van der Waals surface area (Å²) in [5.41, 5.74) is 0.617. The van der Waals surface area contributed by atoms with E-state index in [2.05, 4.69) is 10.6 Å². The van der Waals surface area contributed by atoms with Gasteiger partial charge in [0.2, 0.25) is 5.91 Å². The van der Waals surface area contributed by atoms with Crippen LogP contribution in [0.4, 0.5) is 0 Å². The van der Waals surface area contributed by atoms with Gasteiger partial charge in [-0.05, 0) is 32.0 Å². The number of amides is 1. The lowest BCUT2D eigenvalue weighted by molar-refractivity contribution is -0.120. The molecule has 1 rings (SSSR count). The molecular weight excluding hydrogens is 232 g/mol. The highest BCUT2D eigenvalue weighted by Gasteiger charge is 2.11. The minimum Gasteiger partial charge on any atom is -0.508 e. The van der Waals surface area contributed by atoms with Crippen molar-refractivity contribution < 1.29 is 15.0 Å². The summed E-state index contributed by atoms with van der Waals surface area (Å²) in [6.07, 6.45) is 0.387. The van der Waals surface area contributed by atoms with Crippen molar-refractivity contribution in [1.29, 1.82) is 0 Å². The molecule has 0 aliphatic carbocycles. The number of phenols is 2. The van der Waals surface area contributed by atoms with E-state index in [1.165, 1.54) is 18.2 Å². The average Bonchev–Trinajstić information content (AvgIpc) is 2.32. The molecule has 0 bridgehead atoms. The zero-order valence-electron chi connectivity index (χ0n) is 10.7. The molecule has 0 aliphatic heterocycles. The summed E-state index contributed by atoms with van der Waals surface area (Å²) in [6.45, 7) is 4.88. The summed E-state index contributed by atoms with van der Waals surface area (Å²) >= 11 is 0. The van der Waals surface area contributed by atoms with E-state index in [9.17, 15) is 15.0 Å². The SMILES string of the molecule is CCNC(=O)CCNC(C)c1cc(O)ccc1O. The van der Waals surface area contributed by atoms with Crippen molar-refractivity contribution in [2.75, 3.05) is 13.1 Å².